The van der Waals surface area contributed by atoms with Gasteiger partial charge in [0.2, 0.25) is 10.0 Å². The smallest absolute Gasteiger partial charge is 0.243 e. The fourth-order valence-electron chi connectivity index (χ4n) is 1.78. The lowest BCUT2D eigenvalue weighted by Gasteiger charge is -2.16. The molecule has 1 aliphatic heterocycles. The summed E-state index contributed by atoms with van der Waals surface area (Å²) in [5.41, 5.74) is 0.960. The van der Waals surface area contributed by atoms with Gasteiger partial charge in [-0.25, -0.2) is 13.1 Å². The van der Waals surface area contributed by atoms with E-state index in [2.05, 4.69) is 13.4 Å². The maximum atomic E-state index is 12.3. The predicted octanol–water partition coefficient (Wildman–Crippen LogP) is 1.85. The van der Waals surface area contributed by atoms with E-state index in [4.69, 9.17) is 5.11 Å². The molecule has 0 aromatic heterocycles. The van der Waals surface area contributed by atoms with E-state index >= 15 is 0 Å². The van der Waals surface area contributed by atoms with Crippen molar-refractivity contribution >= 4 is 32.8 Å². The zero-order valence-corrected chi connectivity index (χ0v) is 12.0. The van der Waals surface area contributed by atoms with Crippen LogP contribution < -0.4 is 4.72 Å². The molecular formula is C11H15N3O3S2. The summed E-state index contributed by atoms with van der Waals surface area (Å²) >= 11 is 0.986. The number of rotatable bonds is 6. The van der Waals surface area contributed by atoms with E-state index in [0.29, 0.717) is 24.2 Å². The lowest BCUT2D eigenvalue weighted by Crippen LogP contribution is -2.35. The average Bonchev–Trinajstić information content (AvgIpc) is 2.85. The molecule has 0 amide bonds. The molecule has 0 saturated carbocycles. The van der Waals surface area contributed by atoms with E-state index < -0.39 is 10.0 Å². The number of hydrogen-bond acceptors (Lipinski definition) is 5. The summed E-state index contributed by atoms with van der Waals surface area (Å²) in [6.45, 7) is 1.82. The fraction of sp³-hybridized carbons (Fsp3) is 0.455. The molecule has 1 atom stereocenters. The Morgan fingerprint density at radius 3 is 2.89 bits per heavy atom. The number of benzene rings is 1. The van der Waals surface area contributed by atoms with Crippen molar-refractivity contribution in [2.75, 3.05) is 6.61 Å². The Bertz CT molecular complexity index is 637. The van der Waals surface area contributed by atoms with Gasteiger partial charge < -0.3 is 5.11 Å². The molecule has 1 aliphatic rings. The zero-order chi connectivity index (χ0) is 13.9. The molecule has 19 heavy (non-hydrogen) atoms. The van der Waals surface area contributed by atoms with Crippen LogP contribution in [0.4, 0.5) is 11.4 Å². The summed E-state index contributed by atoms with van der Waals surface area (Å²) in [6.07, 6.45) is 1.01. The highest BCUT2D eigenvalue weighted by Crippen LogP contribution is 2.37. The minimum atomic E-state index is -3.65. The quantitative estimate of drug-likeness (QED) is 0.853. The highest BCUT2D eigenvalue weighted by molar-refractivity contribution is 7.89. The first-order valence-corrected chi connectivity index (χ1v) is 8.14. The summed E-state index contributed by atoms with van der Waals surface area (Å²) in [4.78, 5) is 0.134. The third-order valence-electron chi connectivity index (χ3n) is 2.83. The summed E-state index contributed by atoms with van der Waals surface area (Å²) in [6, 6.07) is 4.60. The van der Waals surface area contributed by atoms with E-state index in [9.17, 15) is 8.42 Å². The first-order valence-electron chi connectivity index (χ1n) is 5.93. The Hall–Kier alpha value is -1.09. The Balaban J connectivity index is 2.31. The standard InChI is InChI=1S/C11H15N3O3S2/c1-2-8(6-7-15)14-19(16,17)10-5-3-4-9-11(10)13-18-12-9/h3-5,8,14-15H,2,6-7H2,1H3. The largest absolute Gasteiger partial charge is 0.396 e. The molecule has 8 heteroatoms. The summed E-state index contributed by atoms with van der Waals surface area (Å²) in [7, 11) is -3.65. The molecule has 2 rings (SSSR count). The van der Waals surface area contributed by atoms with Crippen LogP contribution in [-0.2, 0) is 21.4 Å². The van der Waals surface area contributed by atoms with Crippen molar-refractivity contribution in [1.29, 1.82) is 0 Å². The lowest BCUT2D eigenvalue weighted by molar-refractivity contribution is 0.270. The molecule has 1 heterocycles. The second kappa shape index (κ2) is 5.91. The molecule has 1 aromatic rings. The predicted molar refractivity (Wildman–Crippen MR) is 74.1 cm³/mol. The molecule has 1 unspecified atom stereocenters. The average molecular weight is 301 g/mol. The SMILES string of the molecule is CCC(CCO)NS(=O)(=O)c1cccc2c1N=S=N2. The van der Waals surface area contributed by atoms with Gasteiger partial charge in [-0.2, -0.15) is 8.73 Å². The summed E-state index contributed by atoms with van der Waals surface area (Å²) in [5, 5.41) is 8.92. The topological polar surface area (TPSA) is 91.1 Å². The van der Waals surface area contributed by atoms with Crippen LogP contribution in [0.25, 0.3) is 0 Å². The van der Waals surface area contributed by atoms with Gasteiger partial charge in [-0.3, -0.25) is 0 Å². The fourth-order valence-corrected chi connectivity index (χ4v) is 3.90. The molecule has 104 valence electrons. The number of sulfonamides is 1. The molecule has 0 fully saturated rings. The molecule has 2 N–H and O–H groups in total. The van der Waals surface area contributed by atoms with Crippen LogP contribution in [0, 0.1) is 0 Å². The van der Waals surface area contributed by atoms with Gasteiger partial charge in [-0.05, 0) is 25.0 Å². The molecule has 0 radical (unpaired) electrons. The highest BCUT2D eigenvalue weighted by Gasteiger charge is 2.24. The highest BCUT2D eigenvalue weighted by atomic mass is 32.2. The van der Waals surface area contributed by atoms with Gasteiger partial charge in [0.1, 0.15) is 16.3 Å². The van der Waals surface area contributed by atoms with E-state index in [1.54, 1.807) is 12.1 Å². The molecule has 0 bridgehead atoms. The molecule has 1 aromatic carbocycles. The van der Waals surface area contributed by atoms with Crippen LogP contribution in [0.2, 0.25) is 0 Å². The van der Waals surface area contributed by atoms with Gasteiger partial charge >= 0.3 is 0 Å². The van der Waals surface area contributed by atoms with Crippen LogP contribution in [0.1, 0.15) is 19.8 Å². The van der Waals surface area contributed by atoms with Crippen molar-refractivity contribution in [3.8, 4) is 0 Å². The summed E-state index contributed by atoms with van der Waals surface area (Å²) in [5.74, 6) is 0. The van der Waals surface area contributed by atoms with Crippen LogP contribution in [0.15, 0.2) is 31.8 Å². The Morgan fingerprint density at radius 1 is 1.42 bits per heavy atom. The molecular weight excluding hydrogens is 286 g/mol. The first-order chi connectivity index (χ1) is 9.08. The van der Waals surface area contributed by atoms with Crippen molar-refractivity contribution in [1.82, 2.24) is 4.72 Å². The van der Waals surface area contributed by atoms with Crippen molar-refractivity contribution in [3.05, 3.63) is 18.2 Å². The van der Waals surface area contributed by atoms with Crippen LogP contribution in [-0.4, -0.2) is 26.2 Å². The van der Waals surface area contributed by atoms with Crippen molar-refractivity contribution in [2.45, 2.75) is 30.7 Å². The minimum Gasteiger partial charge on any atom is -0.396 e. The van der Waals surface area contributed by atoms with Crippen LogP contribution >= 0.6 is 0 Å². The van der Waals surface area contributed by atoms with Gasteiger partial charge in [0.15, 0.2) is 0 Å². The second-order valence-corrected chi connectivity index (χ2v) is 6.34. The second-order valence-electron chi connectivity index (χ2n) is 4.13. The number of nitrogens with zero attached hydrogens (tertiary/aromatic N) is 2. The third-order valence-corrected chi connectivity index (χ3v) is 4.93. The number of aliphatic hydroxyl groups excluding tert-OH is 1. The molecule has 0 aliphatic carbocycles. The van der Waals surface area contributed by atoms with E-state index in [1.165, 1.54) is 6.07 Å². The van der Waals surface area contributed by atoms with Gasteiger partial charge in [0.25, 0.3) is 0 Å². The lowest BCUT2D eigenvalue weighted by atomic mass is 10.2. The van der Waals surface area contributed by atoms with Crippen molar-refractivity contribution < 1.29 is 13.5 Å². The number of fused-ring (bicyclic) bond motifs is 1. The number of nitrogens with one attached hydrogen (secondary N) is 1. The third kappa shape index (κ3) is 3.08. The molecule has 0 saturated heterocycles. The maximum Gasteiger partial charge on any atom is 0.243 e. The normalized spacial score (nSPS) is 15.1. The Kier molecular flexibility index (Phi) is 4.46. The monoisotopic (exact) mass is 301 g/mol. The number of hydrogen-bond donors (Lipinski definition) is 2. The van der Waals surface area contributed by atoms with Gasteiger partial charge in [0.05, 0.1) is 11.4 Å². The molecule has 0 spiro atoms. The zero-order valence-electron chi connectivity index (χ0n) is 10.4. The number of aliphatic hydroxyl groups is 1. The molecule has 6 nitrogen and oxygen atoms in total. The maximum absolute atomic E-state index is 12.3. The van der Waals surface area contributed by atoms with Crippen LogP contribution in [0.5, 0.6) is 0 Å². The van der Waals surface area contributed by atoms with Gasteiger partial charge in [-0.1, -0.05) is 13.0 Å². The Morgan fingerprint density at radius 2 is 2.21 bits per heavy atom. The van der Waals surface area contributed by atoms with Gasteiger partial charge in [0, 0.05) is 12.6 Å². The van der Waals surface area contributed by atoms with Crippen LogP contribution in [0.3, 0.4) is 0 Å². The van der Waals surface area contributed by atoms with Crippen molar-refractivity contribution in [2.24, 2.45) is 8.73 Å². The van der Waals surface area contributed by atoms with E-state index in [0.717, 1.165) is 11.4 Å². The van der Waals surface area contributed by atoms with Crippen molar-refractivity contribution in [3.63, 3.8) is 0 Å². The Labute approximate surface area is 115 Å². The first kappa shape index (κ1) is 14.3. The van der Waals surface area contributed by atoms with Gasteiger partial charge in [-0.15, -0.1) is 0 Å². The minimum absolute atomic E-state index is 0.0521. The van der Waals surface area contributed by atoms with E-state index in [-0.39, 0.29) is 17.5 Å². The summed E-state index contributed by atoms with van der Waals surface area (Å²) < 4.78 is 35.3. The van der Waals surface area contributed by atoms with E-state index in [1.807, 2.05) is 6.92 Å².